The van der Waals surface area contributed by atoms with Crippen molar-refractivity contribution >= 4 is 23.1 Å². The van der Waals surface area contributed by atoms with Crippen molar-refractivity contribution < 1.29 is 4.74 Å². The Kier molecular flexibility index (Phi) is 3.38. The van der Waals surface area contributed by atoms with Crippen LogP contribution in [0.5, 0.6) is 0 Å². The number of hydrogen-bond donors (Lipinski definition) is 1. The zero-order valence-corrected chi connectivity index (χ0v) is 12.9. The second kappa shape index (κ2) is 5.06. The van der Waals surface area contributed by atoms with Crippen LogP contribution < -0.4 is 5.32 Å². The molecule has 0 radical (unpaired) electrons. The molecule has 0 aromatic carbocycles. The van der Waals surface area contributed by atoms with Crippen LogP contribution in [0.2, 0.25) is 0 Å². The van der Waals surface area contributed by atoms with Crippen LogP contribution in [0.4, 0.5) is 0 Å². The van der Waals surface area contributed by atoms with Gasteiger partial charge in [0.15, 0.2) is 0 Å². The molecule has 4 atom stereocenters. The normalized spacial score (nSPS) is 38.4. The molecule has 0 amide bonds. The van der Waals surface area contributed by atoms with E-state index in [1.165, 1.54) is 35.5 Å². The van der Waals surface area contributed by atoms with Crippen molar-refractivity contribution in [2.45, 2.75) is 60.3 Å². The molecule has 2 aliphatic heterocycles. The van der Waals surface area contributed by atoms with E-state index < -0.39 is 0 Å². The molecule has 0 bridgehead atoms. The smallest absolute Gasteiger partial charge is 0.0757 e. The van der Waals surface area contributed by atoms with Gasteiger partial charge in [0.05, 0.1) is 10.3 Å². The largest absolute Gasteiger partial charge is 0.376 e. The Morgan fingerprint density at radius 2 is 2.21 bits per heavy atom. The van der Waals surface area contributed by atoms with E-state index in [-0.39, 0.29) is 0 Å². The molecule has 1 aromatic rings. The van der Waals surface area contributed by atoms with Gasteiger partial charge in [0, 0.05) is 23.9 Å². The SMILES string of the molecule is C[C@H]1CC(NC2CCOC2C2CC2)c2ccsc2S1. The standard InChI is InChI=1S/C15H21NOS2/c1-9-8-13(11-5-7-18-15(11)19-9)16-12-4-6-17-14(12)10-2-3-10/h5,7,9-10,12-14,16H,2-4,6,8H2,1H3/t9-,12?,13?,14?/m0/s1. The van der Waals surface area contributed by atoms with Crippen LogP contribution in [0.3, 0.4) is 0 Å². The first-order chi connectivity index (χ1) is 9.31. The lowest BCUT2D eigenvalue weighted by Crippen LogP contribution is -2.41. The number of hydrogen-bond acceptors (Lipinski definition) is 4. The third-order valence-electron chi connectivity index (χ3n) is 4.55. The van der Waals surface area contributed by atoms with E-state index in [1.807, 2.05) is 23.1 Å². The van der Waals surface area contributed by atoms with Crippen molar-refractivity contribution in [2.75, 3.05) is 6.61 Å². The summed E-state index contributed by atoms with van der Waals surface area (Å²) >= 11 is 3.95. The van der Waals surface area contributed by atoms with Gasteiger partial charge >= 0.3 is 0 Å². The van der Waals surface area contributed by atoms with E-state index in [4.69, 9.17) is 4.74 Å². The number of nitrogens with one attached hydrogen (secondary N) is 1. The average molecular weight is 295 g/mol. The molecule has 2 fully saturated rings. The summed E-state index contributed by atoms with van der Waals surface area (Å²) in [5.74, 6) is 0.845. The topological polar surface area (TPSA) is 21.3 Å². The summed E-state index contributed by atoms with van der Waals surface area (Å²) in [6.45, 7) is 3.30. The van der Waals surface area contributed by atoms with Gasteiger partial charge in [-0.3, -0.25) is 0 Å². The number of thiophene rings is 1. The number of rotatable bonds is 3. The molecule has 4 rings (SSSR count). The van der Waals surface area contributed by atoms with Crippen molar-refractivity contribution in [2.24, 2.45) is 5.92 Å². The molecule has 1 saturated heterocycles. The van der Waals surface area contributed by atoms with Crippen molar-refractivity contribution in [1.29, 1.82) is 0 Å². The van der Waals surface area contributed by atoms with Crippen molar-refractivity contribution in [1.82, 2.24) is 5.32 Å². The van der Waals surface area contributed by atoms with E-state index in [2.05, 4.69) is 23.7 Å². The molecule has 1 aromatic heterocycles. The highest BCUT2D eigenvalue weighted by Crippen LogP contribution is 2.45. The summed E-state index contributed by atoms with van der Waals surface area (Å²) < 4.78 is 7.49. The van der Waals surface area contributed by atoms with Crippen molar-refractivity contribution in [3.8, 4) is 0 Å². The Balaban J connectivity index is 1.50. The third kappa shape index (κ3) is 2.48. The third-order valence-corrected chi connectivity index (χ3v) is 6.89. The Morgan fingerprint density at radius 3 is 3.05 bits per heavy atom. The van der Waals surface area contributed by atoms with Crippen LogP contribution in [0.25, 0.3) is 0 Å². The Hall–Kier alpha value is -0.0300. The first kappa shape index (κ1) is 12.7. The van der Waals surface area contributed by atoms with Crippen LogP contribution in [-0.2, 0) is 4.74 Å². The molecule has 1 saturated carbocycles. The molecule has 3 aliphatic rings. The van der Waals surface area contributed by atoms with Crippen molar-refractivity contribution in [3.05, 3.63) is 17.0 Å². The van der Waals surface area contributed by atoms with Gasteiger partial charge in [-0.05, 0) is 48.6 Å². The van der Waals surface area contributed by atoms with E-state index in [0.717, 1.165) is 17.8 Å². The summed E-state index contributed by atoms with van der Waals surface area (Å²) in [6, 6.07) is 3.45. The number of fused-ring (bicyclic) bond motifs is 1. The van der Waals surface area contributed by atoms with Crippen molar-refractivity contribution in [3.63, 3.8) is 0 Å². The van der Waals surface area contributed by atoms with Gasteiger partial charge in [0.1, 0.15) is 0 Å². The molecule has 104 valence electrons. The Morgan fingerprint density at radius 1 is 1.32 bits per heavy atom. The maximum absolute atomic E-state index is 5.96. The fraction of sp³-hybridized carbons (Fsp3) is 0.733. The first-order valence-corrected chi connectivity index (χ1v) is 9.19. The zero-order chi connectivity index (χ0) is 12.8. The Labute approximate surface area is 123 Å². The van der Waals surface area contributed by atoms with Gasteiger partial charge in [-0.25, -0.2) is 0 Å². The molecule has 1 N–H and O–H groups in total. The Bertz CT molecular complexity index is 457. The van der Waals surface area contributed by atoms with Crippen LogP contribution in [0.15, 0.2) is 15.7 Å². The highest BCUT2D eigenvalue weighted by Gasteiger charge is 2.42. The van der Waals surface area contributed by atoms with E-state index in [9.17, 15) is 0 Å². The molecule has 1 aliphatic carbocycles. The lowest BCUT2D eigenvalue weighted by atomic mass is 10.00. The summed E-state index contributed by atoms with van der Waals surface area (Å²) in [5.41, 5.74) is 1.54. The summed E-state index contributed by atoms with van der Waals surface area (Å²) in [7, 11) is 0. The fourth-order valence-corrected chi connectivity index (χ4v) is 6.01. The lowest BCUT2D eigenvalue weighted by Gasteiger charge is -2.31. The minimum absolute atomic E-state index is 0.493. The number of thioether (sulfide) groups is 1. The average Bonchev–Trinajstić information content (AvgIpc) is 2.94. The zero-order valence-electron chi connectivity index (χ0n) is 11.3. The monoisotopic (exact) mass is 295 g/mol. The van der Waals surface area contributed by atoms with Crippen LogP contribution in [0, 0.1) is 5.92 Å². The fourth-order valence-electron chi connectivity index (χ4n) is 3.44. The second-order valence-corrected chi connectivity index (χ2v) is 8.74. The van der Waals surface area contributed by atoms with Gasteiger partial charge in [-0.15, -0.1) is 23.1 Å². The molecule has 19 heavy (non-hydrogen) atoms. The summed E-state index contributed by atoms with van der Waals surface area (Å²) in [5, 5.41) is 6.90. The predicted molar refractivity (Wildman–Crippen MR) is 81.0 cm³/mol. The lowest BCUT2D eigenvalue weighted by molar-refractivity contribution is 0.0785. The molecule has 3 heterocycles. The van der Waals surface area contributed by atoms with Crippen LogP contribution >= 0.6 is 23.1 Å². The van der Waals surface area contributed by atoms with Gasteiger partial charge < -0.3 is 10.1 Å². The van der Waals surface area contributed by atoms with Crippen LogP contribution in [-0.4, -0.2) is 24.0 Å². The summed E-state index contributed by atoms with van der Waals surface area (Å²) in [6.07, 6.45) is 5.69. The van der Waals surface area contributed by atoms with E-state index in [0.29, 0.717) is 18.2 Å². The molecule has 4 heteroatoms. The maximum Gasteiger partial charge on any atom is 0.0757 e. The molecular weight excluding hydrogens is 274 g/mol. The highest BCUT2D eigenvalue weighted by molar-refractivity contribution is 8.01. The van der Waals surface area contributed by atoms with E-state index >= 15 is 0 Å². The minimum atomic E-state index is 0.493. The van der Waals surface area contributed by atoms with Gasteiger partial charge in [0.25, 0.3) is 0 Å². The molecular formula is C15H21NOS2. The maximum atomic E-state index is 5.96. The number of ether oxygens (including phenoxy) is 1. The molecule has 2 nitrogen and oxygen atoms in total. The highest BCUT2D eigenvalue weighted by atomic mass is 32.2. The predicted octanol–water partition coefficient (Wildman–Crippen LogP) is 3.83. The van der Waals surface area contributed by atoms with Gasteiger partial charge in [0.2, 0.25) is 0 Å². The van der Waals surface area contributed by atoms with Crippen LogP contribution in [0.1, 0.15) is 44.2 Å². The van der Waals surface area contributed by atoms with Gasteiger partial charge in [-0.2, -0.15) is 0 Å². The van der Waals surface area contributed by atoms with Gasteiger partial charge in [-0.1, -0.05) is 6.92 Å². The van der Waals surface area contributed by atoms with E-state index in [1.54, 1.807) is 0 Å². The quantitative estimate of drug-likeness (QED) is 0.915. The molecule has 0 spiro atoms. The minimum Gasteiger partial charge on any atom is -0.376 e. The summed E-state index contributed by atoms with van der Waals surface area (Å²) in [4.78, 5) is 0. The second-order valence-electron chi connectivity index (χ2n) is 6.11. The first-order valence-electron chi connectivity index (χ1n) is 7.43. The molecule has 3 unspecified atom stereocenters.